The number of hydrogen-bond donors (Lipinski definition) is 1. The molecule has 1 amide bonds. The topological polar surface area (TPSA) is 97.0 Å². The Kier molecular flexibility index (Phi) is 4.19. The van der Waals surface area contributed by atoms with Crippen LogP contribution in [0.2, 0.25) is 0 Å². The molecule has 1 N–H and O–H groups in total. The molecule has 122 valence electrons. The number of amides is 1. The largest absolute Gasteiger partial charge is 0.402 e. The van der Waals surface area contributed by atoms with Crippen LogP contribution in [0.25, 0.3) is 22.8 Å². The molecule has 1 aromatic carbocycles. The molecule has 3 rings (SSSR count). The summed E-state index contributed by atoms with van der Waals surface area (Å²) in [7, 11) is 5.12. The molecule has 8 nitrogen and oxygen atoms in total. The summed E-state index contributed by atoms with van der Waals surface area (Å²) in [6.45, 7) is 0. The fraction of sp³-hybridized carbons (Fsp3) is 0.188. The number of carbonyl (C=O) groups is 1. The van der Waals surface area contributed by atoms with Crippen LogP contribution < -0.4 is 5.32 Å². The van der Waals surface area contributed by atoms with Crippen molar-refractivity contribution in [3.8, 4) is 22.8 Å². The van der Waals surface area contributed by atoms with Gasteiger partial charge in [-0.05, 0) is 12.1 Å². The standard InChI is InChI=1S/C16H16N6O2/c1-17-16-21-20-14(24-16)13-9-18-8-12(19-13)10-4-6-11(7-5-10)15(23)22(2)3/h4-9H,1-3H3,(H,17,21). The highest BCUT2D eigenvalue weighted by molar-refractivity contribution is 5.94. The zero-order valence-electron chi connectivity index (χ0n) is 13.5. The Hall–Kier alpha value is -3.29. The van der Waals surface area contributed by atoms with E-state index in [9.17, 15) is 4.79 Å². The second-order valence-electron chi connectivity index (χ2n) is 5.23. The zero-order chi connectivity index (χ0) is 17.1. The lowest BCUT2D eigenvalue weighted by atomic mass is 10.1. The minimum Gasteiger partial charge on any atom is -0.402 e. The fourth-order valence-electron chi connectivity index (χ4n) is 2.08. The Labute approximate surface area is 138 Å². The van der Waals surface area contributed by atoms with Crippen molar-refractivity contribution < 1.29 is 9.21 Å². The van der Waals surface area contributed by atoms with Crippen molar-refractivity contribution in [2.45, 2.75) is 0 Å². The number of nitrogens with one attached hydrogen (secondary N) is 1. The van der Waals surface area contributed by atoms with Crippen LogP contribution in [-0.2, 0) is 0 Å². The Balaban J connectivity index is 1.90. The zero-order valence-corrected chi connectivity index (χ0v) is 13.5. The van der Waals surface area contributed by atoms with E-state index in [1.54, 1.807) is 45.7 Å². The monoisotopic (exact) mass is 324 g/mol. The molecule has 2 aromatic heterocycles. The third-order valence-electron chi connectivity index (χ3n) is 3.33. The molecule has 0 unspecified atom stereocenters. The van der Waals surface area contributed by atoms with E-state index in [4.69, 9.17) is 4.42 Å². The van der Waals surface area contributed by atoms with Gasteiger partial charge in [0.2, 0.25) is 0 Å². The van der Waals surface area contributed by atoms with Gasteiger partial charge in [-0.2, -0.15) is 0 Å². The minimum absolute atomic E-state index is 0.0492. The van der Waals surface area contributed by atoms with Gasteiger partial charge in [-0.25, -0.2) is 4.98 Å². The van der Waals surface area contributed by atoms with E-state index in [1.807, 2.05) is 12.1 Å². The van der Waals surface area contributed by atoms with E-state index in [2.05, 4.69) is 25.5 Å². The van der Waals surface area contributed by atoms with Crippen LogP contribution in [-0.4, -0.2) is 52.1 Å². The predicted molar refractivity (Wildman–Crippen MR) is 88.3 cm³/mol. The van der Waals surface area contributed by atoms with Crippen molar-refractivity contribution in [1.29, 1.82) is 0 Å². The number of anilines is 1. The average Bonchev–Trinajstić information content (AvgIpc) is 3.10. The third-order valence-corrected chi connectivity index (χ3v) is 3.33. The molecule has 0 aliphatic rings. The van der Waals surface area contributed by atoms with Crippen LogP contribution in [0.4, 0.5) is 6.01 Å². The van der Waals surface area contributed by atoms with Gasteiger partial charge < -0.3 is 14.6 Å². The van der Waals surface area contributed by atoms with Gasteiger partial charge in [0.15, 0.2) is 0 Å². The molecular formula is C16H16N6O2. The van der Waals surface area contributed by atoms with Gasteiger partial charge in [-0.15, -0.1) is 5.10 Å². The van der Waals surface area contributed by atoms with Gasteiger partial charge >= 0.3 is 6.01 Å². The smallest absolute Gasteiger partial charge is 0.315 e. The summed E-state index contributed by atoms with van der Waals surface area (Å²) in [4.78, 5) is 22.1. The number of benzene rings is 1. The Morgan fingerprint density at radius 3 is 2.42 bits per heavy atom. The van der Waals surface area contributed by atoms with Gasteiger partial charge in [-0.1, -0.05) is 17.2 Å². The highest BCUT2D eigenvalue weighted by Crippen LogP contribution is 2.22. The molecule has 0 aliphatic carbocycles. The fourth-order valence-corrected chi connectivity index (χ4v) is 2.08. The molecule has 2 heterocycles. The second-order valence-corrected chi connectivity index (χ2v) is 5.23. The van der Waals surface area contributed by atoms with Crippen LogP contribution in [0.1, 0.15) is 10.4 Å². The maximum Gasteiger partial charge on any atom is 0.315 e. The summed E-state index contributed by atoms with van der Waals surface area (Å²) in [6, 6.07) is 7.49. The van der Waals surface area contributed by atoms with Crippen LogP contribution >= 0.6 is 0 Å². The van der Waals surface area contributed by atoms with Gasteiger partial charge in [0.1, 0.15) is 5.69 Å². The molecule has 0 bridgehead atoms. The van der Waals surface area contributed by atoms with E-state index >= 15 is 0 Å². The number of nitrogens with zero attached hydrogens (tertiary/aromatic N) is 5. The van der Waals surface area contributed by atoms with E-state index in [-0.39, 0.29) is 11.8 Å². The highest BCUT2D eigenvalue weighted by atomic mass is 16.4. The summed E-state index contributed by atoms with van der Waals surface area (Å²) >= 11 is 0. The molecule has 3 aromatic rings. The van der Waals surface area contributed by atoms with Crippen molar-refractivity contribution in [2.75, 3.05) is 26.5 Å². The summed E-state index contributed by atoms with van der Waals surface area (Å²) in [5.74, 6) is 0.236. The molecule has 0 aliphatic heterocycles. The van der Waals surface area contributed by atoms with Crippen LogP contribution in [0.15, 0.2) is 41.1 Å². The van der Waals surface area contributed by atoms with Gasteiger partial charge in [0, 0.05) is 32.3 Å². The summed E-state index contributed by atoms with van der Waals surface area (Å²) in [6.07, 6.45) is 3.20. The van der Waals surface area contributed by atoms with Crippen molar-refractivity contribution in [1.82, 2.24) is 25.1 Å². The molecule has 0 saturated heterocycles. The van der Waals surface area contributed by atoms with Gasteiger partial charge in [0.25, 0.3) is 11.8 Å². The molecule has 0 radical (unpaired) electrons. The Morgan fingerprint density at radius 1 is 1.08 bits per heavy atom. The number of carbonyl (C=O) groups excluding carboxylic acids is 1. The maximum atomic E-state index is 11.9. The third kappa shape index (κ3) is 3.07. The van der Waals surface area contributed by atoms with Crippen LogP contribution in [0, 0.1) is 0 Å². The normalized spacial score (nSPS) is 10.5. The molecular weight excluding hydrogens is 308 g/mol. The molecule has 0 atom stereocenters. The van der Waals surface area contributed by atoms with Crippen molar-refractivity contribution in [3.05, 3.63) is 42.2 Å². The maximum absolute atomic E-state index is 11.9. The number of hydrogen-bond acceptors (Lipinski definition) is 7. The summed E-state index contributed by atoms with van der Waals surface area (Å²) in [5.41, 5.74) is 2.59. The van der Waals surface area contributed by atoms with E-state index in [0.717, 1.165) is 5.56 Å². The van der Waals surface area contributed by atoms with Crippen LogP contribution in [0.3, 0.4) is 0 Å². The van der Waals surface area contributed by atoms with Crippen LogP contribution in [0.5, 0.6) is 0 Å². The Morgan fingerprint density at radius 2 is 1.79 bits per heavy atom. The van der Waals surface area contributed by atoms with Crippen molar-refractivity contribution in [3.63, 3.8) is 0 Å². The number of aromatic nitrogens is 4. The molecule has 24 heavy (non-hydrogen) atoms. The first-order chi connectivity index (χ1) is 11.6. The lowest BCUT2D eigenvalue weighted by molar-refractivity contribution is 0.0827. The quantitative estimate of drug-likeness (QED) is 0.783. The lowest BCUT2D eigenvalue weighted by Gasteiger charge is -2.10. The van der Waals surface area contributed by atoms with E-state index < -0.39 is 0 Å². The molecule has 0 spiro atoms. The molecule has 0 fully saturated rings. The van der Waals surface area contributed by atoms with Crippen molar-refractivity contribution in [2.24, 2.45) is 0 Å². The summed E-state index contributed by atoms with van der Waals surface area (Å²) in [5, 5.41) is 10.5. The lowest BCUT2D eigenvalue weighted by Crippen LogP contribution is -2.21. The van der Waals surface area contributed by atoms with Gasteiger partial charge in [0.05, 0.1) is 18.1 Å². The minimum atomic E-state index is -0.0492. The first-order valence-electron chi connectivity index (χ1n) is 7.24. The molecule has 0 saturated carbocycles. The predicted octanol–water partition coefficient (Wildman–Crippen LogP) is 1.94. The first kappa shape index (κ1) is 15.6. The SMILES string of the molecule is CNc1nnc(-c2cncc(-c3ccc(C(=O)N(C)C)cc3)n2)o1. The van der Waals surface area contributed by atoms with Crippen molar-refractivity contribution >= 4 is 11.9 Å². The number of rotatable bonds is 4. The average molecular weight is 324 g/mol. The molecule has 8 heteroatoms. The first-order valence-corrected chi connectivity index (χ1v) is 7.24. The van der Waals surface area contributed by atoms with E-state index in [0.29, 0.717) is 23.0 Å². The van der Waals surface area contributed by atoms with Gasteiger partial charge in [-0.3, -0.25) is 9.78 Å². The highest BCUT2D eigenvalue weighted by Gasteiger charge is 2.12. The second kappa shape index (κ2) is 6.45. The Bertz CT molecular complexity index is 857. The van der Waals surface area contributed by atoms with E-state index in [1.165, 1.54) is 4.90 Å². The summed E-state index contributed by atoms with van der Waals surface area (Å²) < 4.78 is 5.40.